The van der Waals surface area contributed by atoms with Crippen molar-refractivity contribution in [2.45, 2.75) is 66.1 Å². The normalized spacial score (nSPS) is 13.5. The third kappa shape index (κ3) is 8.61. The van der Waals surface area contributed by atoms with E-state index in [0.29, 0.717) is 64.2 Å². The molecule has 0 radical (unpaired) electrons. The number of hydrogen-bond donors (Lipinski definition) is 0. The predicted octanol–water partition coefficient (Wildman–Crippen LogP) is 10.2. The van der Waals surface area contributed by atoms with Crippen LogP contribution in [-0.4, -0.2) is 24.9 Å². The highest BCUT2D eigenvalue weighted by atomic mass is 16.5. The minimum Gasteiger partial charge on any atom is -0.488 e. The molecule has 0 aliphatic carbocycles. The largest absolute Gasteiger partial charge is 0.488 e. The summed E-state index contributed by atoms with van der Waals surface area (Å²) in [5, 5.41) is 3.06. The molecule has 0 fully saturated rings. The van der Waals surface area contributed by atoms with Gasteiger partial charge in [-0.1, -0.05) is 34.9 Å². The van der Waals surface area contributed by atoms with Gasteiger partial charge in [0.1, 0.15) is 47.0 Å². The fourth-order valence-electron chi connectivity index (χ4n) is 6.01. The molecule has 9 heteroatoms. The lowest BCUT2D eigenvalue weighted by Gasteiger charge is -2.27. The summed E-state index contributed by atoms with van der Waals surface area (Å²) >= 11 is 0. The van der Waals surface area contributed by atoms with Crippen LogP contribution >= 0.6 is 0 Å². The number of fused-ring (bicyclic) bond motifs is 4. The van der Waals surface area contributed by atoms with Gasteiger partial charge in [0.05, 0.1) is 45.8 Å². The number of hydrogen-bond acceptors (Lipinski definition) is 9. The third-order valence-corrected chi connectivity index (χ3v) is 8.39. The van der Waals surface area contributed by atoms with Crippen LogP contribution in [0.1, 0.15) is 54.4 Å². The maximum atomic E-state index is 11.8. The average Bonchev–Trinajstić information content (AvgIpc) is 3.73. The molecule has 4 aromatic heterocycles. The van der Waals surface area contributed by atoms with Gasteiger partial charge in [-0.15, -0.1) is 0 Å². The lowest BCUT2D eigenvalue weighted by Crippen LogP contribution is -2.28. The molecule has 0 bridgehead atoms. The molecular weight excluding hydrogens is 648 g/mol. The van der Waals surface area contributed by atoms with Gasteiger partial charge in [-0.2, -0.15) is 0 Å². The van der Waals surface area contributed by atoms with Crippen LogP contribution in [0.25, 0.3) is 43.9 Å². The molecule has 2 aromatic carbocycles. The summed E-state index contributed by atoms with van der Waals surface area (Å²) < 4.78 is 40.9. The van der Waals surface area contributed by atoms with E-state index in [0.717, 1.165) is 28.3 Å². The van der Waals surface area contributed by atoms with Crippen molar-refractivity contribution in [2.75, 3.05) is 13.2 Å². The fraction of sp³-hybridized carbons (Fsp3) is 0.286. The monoisotopic (exact) mass is 690 g/mol. The maximum Gasteiger partial charge on any atom is 0.336 e. The molecule has 0 aliphatic rings. The molecule has 6 rings (SSSR count). The van der Waals surface area contributed by atoms with Gasteiger partial charge in [0.15, 0.2) is 0 Å². The second kappa shape index (κ2) is 15.1. The van der Waals surface area contributed by atoms with Crippen LogP contribution in [0.4, 0.5) is 0 Å². The Labute approximate surface area is 295 Å². The molecule has 9 nitrogen and oxygen atoms in total. The summed E-state index contributed by atoms with van der Waals surface area (Å²) in [7, 11) is 0. The van der Waals surface area contributed by atoms with Gasteiger partial charge in [-0.3, -0.25) is 0 Å². The molecule has 0 spiro atoms. The van der Waals surface area contributed by atoms with E-state index in [1.165, 1.54) is 17.7 Å². The van der Waals surface area contributed by atoms with Gasteiger partial charge < -0.3 is 31.9 Å². The quantitative estimate of drug-likeness (QED) is 0.0813. The number of ether oxygens (including phenoxy) is 3. The van der Waals surface area contributed by atoms with Gasteiger partial charge in [-0.05, 0) is 90.8 Å². The molecule has 4 heterocycles. The van der Waals surface area contributed by atoms with E-state index in [-0.39, 0.29) is 6.10 Å². The Balaban J connectivity index is 1.06. The van der Waals surface area contributed by atoms with Crippen molar-refractivity contribution < 1.29 is 31.9 Å². The Hall–Kier alpha value is -5.54. The van der Waals surface area contributed by atoms with Crippen molar-refractivity contribution in [2.24, 2.45) is 0 Å². The van der Waals surface area contributed by atoms with E-state index in [4.69, 9.17) is 31.9 Å². The lowest BCUT2D eigenvalue weighted by molar-refractivity contribution is -0.0177. The van der Waals surface area contributed by atoms with Crippen molar-refractivity contribution in [3.05, 3.63) is 129 Å². The van der Waals surface area contributed by atoms with E-state index in [2.05, 4.69) is 59.8 Å². The fourth-order valence-corrected chi connectivity index (χ4v) is 6.01. The molecule has 6 aromatic rings. The van der Waals surface area contributed by atoms with E-state index in [1.54, 1.807) is 36.8 Å². The van der Waals surface area contributed by atoms with Crippen molar-refractivity contribution in [1.29, 1.82) is 0 Å². The van der Waals surface area contributed by atoms with Crippen molar-refractivity contribution >= 4 is 43.9 Å². The van der Waals surface area contributed by atoms with Gasteiger partial charge in [0.2, 0.25) is 0 Å². The molecular formula is C42H42O9. The Morgan fingerprint density at radius 2 is 1.22 bits per heavy atom. The molecule has 0 unspecified atom stereocenters. The number of benzene rings is 2. The summed E-state index contributed by atoms with van der Waals surface area (Å²) in [6.07, 6.45) is 14.9. The first-order valence-corrected chi connectivity index (χ1v) is 16.9. The number of rotatable bonds is 14. The van der Waals surface area contributed by atoms with Crippen molar-refractivity contribution in [1.82, 2.24) is 0 Å². The van der Waals surface area contributed by atoms with Crippen LogP contribution in [0.5, 0.6) is 11.5 Å². The Bertz CT molecular complexity index is 2420. The summed E-state index contributed by atoms with van der Waals surface area (Å²) in [5.41, 5.74) is 4.07. The van der Waals surface area contributed by atoms with Gasteiger partial charge >= 0.3 is 11.3 Å². The lowest BCUT2D eigenvalue weighted by atomic mass is 10.0. The molecule has 51 heavy (non-hydrogen) atoms. The topological polar surface area (TPSA) is 114 Å². The van der Waals surface area contributed by atoms with Crippen LogP contribution < -0.4 is 20.7 Å². The van der Waals surface area contributed by atoms with Gasteiger partial charge in [0, 0.05) is 24.3 Å². The first kappa shape index (κ1) is 35.3. The summed E-state index contributed by atoms with van der Waals surface area (Å²) in [4.78, 5) is 23.6. The molecule has 0 saturated carbocycles. The van der Waals surface area contributed by atoms with Crippen LogP contribution in [0.2, 0.25) is 0 Å². The molecule has 0 N–H and O–H groups in total. The van der Waals surface area contributed by atoms with E-state index in [1.807, 2.05) is 24.3 Å². The summed E-state index contributed by atoms with van der Waals surface area (Å²) in [5.74, 6) is 1.23. The second-order valence-electron chi connectivity index (χ2n) is 13.4. The average molecular weight is 691 g/mol. The van der Waals surface area contributed by atoms with Crippen molar-refractivity contribution in [3.63, 3.8) is 0 Å². The highest BCUT2D eigenvalue weighted by Crippen LogP contribution is 2.36. The first-order chi connectivity index (χ1) is 24.5. The molecule has 1 atom stereocenters. The van der Waals surface area contributed by atoms with Gasteiger partial charge in [-0.25, -0.2) is 9.59 Å². The second-order valence-corrected chi connectivity index (χ2v) is 13.4. The van der Waals surface area contributed by atoms with E-state index >= 15 is 0 Å². The standard InChI is InChI=1S/C42H42O9/c1-26(2)22-29(23-28(4)14-19-48-41-31-10-12-39(44)50-37(31)25-35-33(41)16-21-46-35)51-42(5,6)17-7-8-27(3)13-18-47-40-30-9-11-38(43)49-36(30)24-34-32(40)15-20-45-34/h7,9-17,20-22,24-25,29H,8,18-19,23H2,1-6H3/t29-/m1/s1. The summed E-state index contributed by atoms with van der Waals surface area (Å²) in [6.45, 7) is 13.1. The first-order valence-electron chi connectivity index (χ1n) is 16.9. The van der Waals surface area contributed by atoms with E-state index in [9.17, 15) is 9.59 Å². The molecule has 0 saturated heterocycles. The SMILES string of the molecule is CC(C)=C[C@H](CC(C)=CCOc1c2ccoc2cc2oc(=O)ccc12)OC(C)(C)C=CCC(C)=CCOc1c2ccoc2cc2oc(=O)ccc12. The minimum absolute atomic E-state index is 0.145. The smallest absolute Gasteiger partial charge is 0.336 e. The highest BCUT2D eigenvalue weighted by molar-refractivity contribution is 6.02. The Morgan fingerprint density at radius 3 is 1.75 bits per heavy atom. The highest BCUT2D eigenvalue weighted by Gasteiger charge is 2.20. The van der Waals surface area contributed by atoms with E-state index < -0.39 is 16.9 Å². The summed E-state index contributed by atoms with van der Waals surface area (Å²) in [6, 6.07) is 13.3. The zero-order valence-electron chi connectivity index (χ0n) is 29.7. The maximum absolute atomic E-state index is 11.8. The molecule has 264 valence electrons. The van der Waals surface area contributed by atoms with Crippen LogP contribution in [0, 0.1) is 0 Å². The predicted molar refractivity (Wildman–Crippen MR) is 200 cm³/mol. The minimum atomic E-state index is -0.524. The number of allylic oxidation sites excluding steroid dienone is 3. The zero-order chi connectivity index (χ0) is 36.1. The van der Waals surface area contributed by atoms with Crippen molar-refractivity contribution in [3.8, 4) is 11.5 Å². The Morgan fingerprint density at radius 1 is 0.706 bits per heavy atom. The van der Waals surface area contributed by atoms with Gasteiger partial charge in [0.25, 0.3) is 0 Å². The van der Waals surface area contributed by atoms with Crippen LogP contribution in [-0.2, 0) is 4.74 Å². The van der Waals surface area contributed by atoms with Crippen LogP contribution in [0.3, 0.4) is 0 Å². The molecule has 0 aliphatic heterocycles. The third-order valence-electron chi connectivity index (χ3n) is 8.39. The zero-order valence-corrected chi connectivity index (χ0v) is 29.7. The van der Waals surface area contributed by atoms with Crippen LogP contribution in [0.15, 0.2) is 135 Å². The number of furan rings is 2. The molecule has 0 amide bonds. The Kier molecular flexibility index (Phi) is 10.5.